The molecule has 0 aromatic heterocycles. The van der Waals surface area contributed by atoms with Gasteiger partial charge in [0.2, 0.25) is 0 Å². The van der Waals surface area contributed by atoms with Crippen molar-refractivity contribution in [1.82, 2.24) is 0 Å². The van der Waals surface area contributed by atoms with Crippen LogP contribution in [-0.4, -0.2) is 37.2 Å². The minimum atomic E-state index is -0.862. The van der Waals surface area contributed by atoms with Gasteiger partial charge in [-0.25, -0.2) is 0 Å². The molecule has 0 aliphatic carbocycles. The van der Waals surface area contributed by atoms with Crippen molar-refractivity contribution >= 4 is 17.9 Å². The molecule has 6 heteroatoms. The predicted molar refractivity (Wildman–Crippen MR) is 288 cm³/mol. The lowest BCUT2D eigenvalue weighted by Gasteiger charge is -2.18. The van der Waals surface area contributed by atoms with E-state index in [0.29, 0.717) is 19.3 Å². The van der Waals surface area contributed by atoms with Crippen molar-refractivity contribution in [3.8, 4) is 0 Å². The zero-order valence-electron chi connectivity index (χ0n) is 42.1. The highest BCUT2D eigenvalue weighted by Crippen LogP contribution is 2.09. The first-order valence-electron chi connectivity index (χ1n) is 25.6. The Balaban J connectivity index is 4.69. The molecule has 0 N–H and O–H groups in total. The molecule has 0 aromatic rings. The van der Waals surface area contributed by atoms with E-state index < -0.39 is 12.1 Å². The Labute approximate surface area is 409 Å². The Morgan fingerprint density at radius 3 is 0.836 bits per heavy atom. The van der Waals surface area contributed by atoms with Crippen LogP contribution in [0.1, 0.15) is 175 Å². The summed E-state index contributed by atoms with van der Waals surface area (Å²) in [4.78, 5) is 38.0. The molecule has 0 saturated heterocycles. The zero-order valence-corrected chi connectivity index (χ0v) is 42.1. The number of carbonyl (C=O) groups is 3. The van der Waals surface area contributed by atoms with Gasteiger partial charge in [-0.05, 0) is 135 Å². The van der Waals surface area contributed by atoms with E-state index in [4.69, 9.17) is 14.2 Å². The van der Waals surface area contributed by atoms with Gasteiger partial charge in [0.25, 0.3) is 0 Å². The average Bonchev–Trinajstić information content (AvgIpc) is 3.33. The summed E-state index contributed by atoms with van der Waals surface area (Å²) in [5.41, 5.74) is 0. The summed E-state index contributed by atoms with van der Waals surface area (Å²) in [6.07, 6.45) is 79.2. The van der Waals surface area contributed by atoms with Gasteiger partial charge in [0, 0.05) is 19.3 Å². The predicted octanol–water partition coefficient (Wildman–Crippen LogP) is 17.2. The van der Waals surface area contributed by atoms with Gasteiger partial charge in [-0.1, -0.05) is 191 Å². The second-order valence-electron chi connectivity index (χ2n) is 15.9. The van der Waals surface area contributed by atoms with E-state index in [0.717, 1.165) is 116 Å². The van der Waals surface area contributed by atoms with Crippen molar-refractivity contribution in [3.05, 3.63) is 170 Å². The van der Waals surface area contributed by atoms with Gasteiger partial charge < -0.3 is 14.2 Å². The molecule has 0 amide bonds. The van der Waals surface area contributed by atoms with Crippen molar-refractivity contribution < 1.29 is 28.6 Å². The number of rotatable bonds is 43. The van der Waals surface area contributed by atoms with Gasteiger partial charge in [0.15, 0.2) is 6.10 Å². The number of hydrogen-bond acceptors (Lipinski definition) is 6. The minimum absolute atomic E-state index is 0.152. The van der Waals surface area contributed by atoms with Crippen LogP contribution in [0.25, 0.3) is 0 Å². The van der Waals surface area contributed by atoms with Crippen LogP contribution < -0.4 is 0 Å². The Bertz CT molecular complexity index is 1540. The molecule has 0 aliphatic heterocycles. The normalized spacial score (nSPS) is 13.1. The fourth-order valence-corrected chi connectivity index (χ4v) is 5.98. The van der Waals surface area contributed by atoms with Crippen LogP contribution in [0, 0.1) is 0 Å². The number of allylic oxidation sites excluding steroid dienone is 28. The third-order valence-corrected chi connectivity index (χ3v) is 9.71. The number of carbonyl (C=O) groups excluding carboxylic acids is 3. The summed E-state index contributed by atoms with van der Waals surface area (Å²) < 4.78 is 16.6. The summed E-state index contributed by atoms with van der Waals surface area (Å²) in [6, 6.07) is 0. The van der Waals surface area contributed by atoms with Crippen LogP contribution in [0.15, 0.2) is 170 Å². The third-order valence-electron chi connectivity index (χ3n) is 9.71. The molecule has 0 aliphatic rings. The van der Waals surface area contributed by atoms with Gasteiger partial charge in [-0.2, -0.15) is 0 Å². The van der Waals surface area contributed by atoms with Crippen molar-refractivity contribution in [2.45, 2.75) is 181 Å². The van der Waals surface area contributed by atoms with E-state index in [1.807, 2.05) is 12.2 Å². The molecule has 67 heavy (non-hydrogen) atoms. The topological polar surface area (TPSA) is 78.9 Å². The molecule has 0 spiro atoms. The smallest absolute Gasteiger partial charge is 0.306 e. The summed E-state index contributed by atoms with van der Waals surface area (Å²) in [6.45, 7) is 6.12. The van der Waals surface area contributed by atoms with Gasteiger partial charge >= 0.3 is 17.9 Å². The van der Waals surface area contributed by atoms with E-state index >= 15 is 0 Å². The van der Waals surface area contributed by atoms with Crippen molar-refractivity contribution in [2.24, 2.45) is 0 Å². The van der Waals surface area contributed by atoms with Gasteiger partial charge in [-0.3, -0.25) is 14.4 Å². The summed E-state index contributed by atoms with van der Waals surface area (Å²) in [5, 5.41) is 0. The van der Waals surface area contributed by atoms with Gasteiger partial charge in [-0.15, -0.1) is 0 Å². The Kier molecular flexibility index (Phi) is 49.2. The van der Waals surface area contributed by atoms with Gasteiger partial charge in [0.05, 0.1) is 0 Å². The SMILES string of the molecule is CC/C=C\C/C=C\C/C=C\C/C=C\C/C=C\C/C=C\CCC(=O)OC(COC(=O)CCCC/C=C\C/C=C\C/C=C\C/C=C\CC)COC(=O)CCCC/C=C\C/C=C\C/C=C\C/C=C\CC. The summed E-state index contributed by atoms with van der Waals surface area (Å²) in [5.74, 6) is -1.13. The van der Waals surface area contributed by atoms with E-state index in [9.17, 15) is 14.4 Å². The second kappa shape index (κ2) is 53.4. The first-order chi connectivity index (χ1) is 33.0. The van der Waals surface area contributed by atoms with E-state index in [-0.39, 0.29) is 44.4 Å². The quantitative estimate of drug-likeness (QED) is 0.0262. The highest BCUT2D eigenvalue weighted by molar-refractivity contribution is 5.71. The molecule has 0 fully saturated rings. The van der Waals surface area contributed by atoms with Crippen LogP contribution in [0.5, 0.6) is 0 Å². The van der Waals surface area contributed by atoms with E-state index in [2.05, 4.69) is 179 Å². The van der Waals surface area contributed by atoms with Crippen molar-refractivity contribution in [1.29, 1.82) is 0 Å². The van der Waals surface area contributed by atoms with Crippen LogP contribution in [0.4, 0.5) is 0 Å². The Hall–Kier alpha value is -5.23. The van der Waals surface area contributed by atoms with Gasteiger partial charge in [0.1, 0.15) is 13.2 Å². The molecule has 0 rings (SSSR count). The Morgan fingerprint density at radius 2 is 0.552 bits per heavy atom. The first-order valence-corrected chi connectivity index (χ1v) is 25.6. The molecule has 0 heterocycles. The summed E-state index contributed by atoms with van der Waals surface area (Å²) in [7, 11) is 0. The maximum Gasteiger partial charge on any atom is 0.306 e. The Morgan fingerprint density at radius 1 is 0.299 bits per heavy atom. The molecular weight excluding hydrogens is 829 g/mol. The van der Waals surface area contributed by atoms with Crippen LogP contribution in [0.2, 0.25) is 0 Å². The van der Waals surface area contributed by atoms with E-state index in [1.165, 1.54) is 0 Å². The molecule has 6 nitrogen and oxygen atoms in total. The highest BCUT2D eigenvalue weighted by atomic mass is 16.6. The lowest BCUT2D eigenvalue weighted by Crippen LogP contribution is -2.30. The molecule has 0 radical (unpaired) electrons. The lowest BCUT2D eigenvalue weighted by molar-refractivity contribution is -0.166. The first kappa shape index (κ1) is 61.8. The third kappa shape index (κ3) is 51.6. The number of ether oxygens (including phenoxy) is 3. The largest absolute Gasteiger partial charge is 0.462 e. The average molecular weight is 919 g/mol. The molecule has 0 unspecified atom stereocenters. The zero-order chi connectivity index (χ0) is 48.6. The summed E-state index contributed by atoms with van der Waals surface area (Å²) >= 11 is 0. The highest BCUT2D eigenvalue weighted by Gasteiger charge is 2.19. The standard InChI is InChI=1S/C61H90O6/c1-4-7-10-13-16-19-22-25-28-29-30-31-34-37-40-43-46-49-52-55-61(64)67-58(56-65-59(62)53-50-47-44-41-38-35-32-26-23-20-17-14-11-8-5-2)57-66-60(63)54-51-48-45-42-39-36-33-27-24-21-18-15-12-9-6-3/h7-12,16-21,25-28,30-33,37-42,46,49,58H,4-6,13-15,22-24,29,34-36,43-45,47-48,50-57H2,1-3H3/b10-7-,11-8-,12-9-,19-16-,20-17-,21-18-,28-25-,31-30-,32-26-,33-27-,40-37-,41-38-,42-39-,49-46-. The van der Waals surface area contributed by atoms with Crippen molar-refractivity contribution in [3.63, 3.8) is 0 Å². The number of esters is 3. The molecule has 370 valence electrons. The maximum absolute atomic E-state index is 12.8. The molecule has 0 atom stereocenters. The van der Waals surface area contributed by atoms with Crippen LogP contribution in [-0.2, 0) is 28.6 Å². The second-order valence-corrected chi connectivity index (χ2v) is 15.9. The van der Waals surface area contributed by atoms with Crippen molar-refractivity contribution in [2.75, 3.05) is 13.2 Å². The fourth-order valence-electron chi connectivity index (χ4n) is 5.98. The lowest BCUT2D eigenvalue weighted by atomic mass is 10.2. The number of unbranched alkanes of at least 4 members (excludes halogenated alkanes) is 4. The van der Waals surface area contributed by atoms with Crippen LogP contribution >= 0.6 is 0 Å². The monoisotopic (exact) mass is 919 g/mol. The molecular formula is C61H90O6. The minimum Gasteiger partial charge on any atom is -0.462 e. The molecule has 0 aromatic carbocycles. The maximum atomic E-state index is 12.8. The van der Waals surface area contributed by atoms with E-state index in [1.54, 1.807) is 0 Å². The molecule has 0 bridgehead atoms. The fraction of sp³-hybridized carbons (Fsp3) is 0.492. The number of hydrogen-bond donors (Lipinski definition) is 0. The molecule has 0 saturated carbocycles. The van der Waals surface area contributed by atoms with Crippen LogP contribution in [0.3, 0.4) is 0 Å².